The first-order valence-electron chi connectivity index (χ1n) is 7.17. The Balaban J connectivity index is 2.40. The summed E-state index contributed by atoms with van der Waals surface area (Å²) in [6.45, 7) is 1.29. The van der Waals surface area contributed by atoms with Crippen LogP contribution in [0.25, 0.3) is 10.6 Å². The summed E-state index contributed by atoms with van der Waals surface area (Å²) in [6, 6.07) is 4.96. The Morgan fingerprint density at radius 2 is 1.92 bits per heavy atom. The van der Waals surface area contributed by atoms with Gasteiger partial charge in [0.05, 0.1) is 15.5 Å². The van der Waals surface area contributed by atoms with Crippen LogP contribution in [0.2, 0.25) is 0 Å². The van der Waals surface area contributed by atoms with Crippen LogP contribution in [0, 0.1) is 20.2 Å². The minimum atomic E-state index is -0.719. The molecule has 0 aromatic carbocycles. The molecular formula is C14H17N5O4S. The zero-order valence-corrected chi connectivity index (χ0v) is 14.1. The molecule has 0 bridgehead atoms. The van der Waals surface area contributed by atoms with Crippen molar-refractivity contribution in [3.63, 3.8) is 0 Å². The van der Waals surface area contributed by atoms with E-state index in [0.717, 1.165) is 24.3 Å². The first-order valence-corrected chi connectivity index (χ1v) is 7.99. The van der Waals surface area contributed by atoms with Crippen molar-refractivity contribution in [2.45, 2.75) is 6.42 Å². The maximum atomic E-state index is 11.4. The van der Waals surface area contributed by atoms with Gasteiger partial charge < -0.3 is 10.2 Å². The molecule has 0 aliphatic carbocycles. The van der Waals surface area contributed by atoms with Gasteiger partial charge in [0.2, 0.25) is 0 Å². The van der Waals surface area contributed by atoms with Gasteiger partial charge in [-0.15, -0.1) is 11.3 Å². The van der Waals surface area contributed by atoms with E-state index in [4.69, 9.17) is 0 Å². The predicted molar refractivity (Wildman–Crippen MR) is 92.5 cm³/mol. The van der Waals surface area contributed by atoms with Gasteiger partial charge in [0, 0.05) is 12.7 Å². The van der Waals surface area contributed by atoms with Crippen LogP contribution >= 0.6 is 11.3 Å². The Bertz CT molecular complexity index is 732. The third kappa shape index (κ3) is 4.03. The fourth-order valence-corrected chi connectivity index (χ4v) is 3.28. The lowest BCUT2D eigenvalue weighted by Crippen LogP contribution is -2.16. The van der Waals surface area contributed by atoms with Crippen molar-refractivity contribution in [1.29, 1.82) is 0 Å². The molecule has 0 saturated heterocycles. The average molecular weight is 351 g/mol. The van der Waals surface area contributed by atoms with E-state index < -0.39 is 21.2 Å². The van der Waals surface area contributed by atoms with Crippen molar-refractivity contribution >= 4 is 27.7 Å². The maximum absolute atomic E-state index is 11.4. The normalized spacial score (nSPS) is 10.8. The first-order chi connectivity index (χ1) is 11.4. The molecule has 1 N–H and O–H groups in total. The van der Waals surface area contributed by atoms with E-state index in [-0.39, 0.29) is 9.88 Å². The van der Waals surface area contributed by atoms with Gasteiger partial charge in [-0.25, -0.2) is 0 Å². The number of nitrogens with zero attached hydrogens (tertiary/aromatic N) is 4. The largest absolute Gasteiger partial charge is 0.380 e. The van der Waals surface area contributed by atoms with E-state index in [9.17, 15) is 20.2 Å². The van der Waals surface area contributed by atoms with E-state index in [1.54, 1.807) is 18.2 Å². The summed E-state index contributed by atoms with van der Waals surface area (Å²) in [5, 5.41) is 25.9. The summed E-state index contributed by atoms with van der Waals surface area (Å²) in [6.07, 6.45) is 2.25. The average Bonchev–Trinajstić information content (AvgIpc) is 2.92. The number of anilines is 1. The first kappa shape index (κ1) is 17.8. The van der Waals surface area contributed by atoms with Crippen LogP contribution in [0.3, 0.4) is 0 Å². The number of nitro groups is 2. The molecule has 2 aromatic heterocycles. The molecule has 128 valence electrons. The quantitative estimate of drug-likeness (QED) is 0.441. The molecule has 0 radical (unpaired) electrons. The Morgan fingerprint density at radius 1 is 1.21 bits per heavy atom. The molecule has 0 aliphatic heterocycles. The van der Waals surface area contributed by atoms with E-state index in [0.29, 0.717) is 12.2 Å². The lowest BCUT2D eigenvalue weighted by Gasteiger charge is -2.09. The fourth-order valence-electron chi connectivity index (χ4n) is 2.14. The van der Waals surface area contributed by atoms with Crippen LogP contribution in [0.5, 0.6) is 0 Å². The lowest BCUT2D eigenvalue weighted by molar-refractivity contribution is -0.420. The minimum Gasteiger partial charge on any atom is -0.371 e. The summed E-state index contributed by atoms with van der Waals surface area (Å²) in [7, 11) is 3.86. The van der Waals surface area contributed by atoms with Gasteiger partial charge in [0.25, 0.3) is 0 Å². The molecule has 2 aromatic rings. The van der Waals surface area contributed by atoms with Crippen molar-refractivity contribution in [1.82, 2.24) is 9.88 Å². The van der Waals surface area contributed by atoms with E-state index in [1.807, 2.05) is 19.0 Å². The Kier molecular flexibility index (Phi) is 5.77. The molecule has 2 rings (SSSR count). The van der Waals surface area contributed by atoms with E-state index >= 15 is 0 Å². The molecule has 24 heavy (non-hydrogen) atoms. The van der Waals surface area contributed by atoms with Gasteiger partial charge in [0.1, 0.15) is 4.88 Å². The summed E-state index contributed by atoms with van der Waals surface area (Å²) in [5.41, 5.74) is -0.673. The highest BCUT2D eigenvalue weighted by molar-refractivity contribution is 7.20. The smallest absolute Gasteiger partial charge is 0.371 e. The van der Waals surface area contributed by atoms with Crippen LogP contribution in [0.4, 0.5) is 16.4 Å². The zero-order valence-electron chi connectivity index (χ0n) is 13.3. The molecule has 0 saturated carbocycles. The van der Waals surface area contributed by atoms with Gasteiger partial charge in [-0.3, -0.25) is 25.2 Å². The standard InChI is InChI=1S/C14H17N5O4S/c1-17(2)9-5-8-16-14-12(19(22)23)11(18(20)21)13(24-14)10-6-3-4-7-15-10/h3-4,6-7,16H,5,8-9H2,1-2H3. The van der Waals surface area contributed by atoms with Crippen molar-refractivity contribution in [2.24, 2.45) is 0 Å². The summed E-state index contributed by atoms with van der Waals surface area (Å²) in [4.78, 5) is 27.6. The highest BCUT2D eigenvalue weighted by Gasteiger charge is 2.37. The van der Waals surface area contributed by atoms with Crippen LogP contribution in [-0.4, -0.2) is 46.9 Å². The van der Waals surface area contributed by atoms with Gasteiger partial charge in [-0.2, -0.15) is 0 Å². The van der Waals surface area contributed by atoms with Crippen molar-refractivity contribution in [3.05, 3.63) is 44.6 Å². The third-order valence-corrected chi connectivity index (χ3v) is 4.34. The highest BCUT2D eigenvalue weighted by atomic mass is 32.1. The number of thiophene rings is 1. The number of hydrogen-bond donors (Lipinski definition) is 1. The Labute approximate surface area is 142 Å². The highest BCUT2D eigenvalue weighted by Crippen LogP contribution is 2.49. The number of nitrogens with one attached hydrogen (secondary N) is 1. The van der Waals surface area contributed by atoms with Crippen LogP contribution in [-0.2, 0) is 0 Å². The molecule has 2 heterocycles. The third-order valence-electron chi connectivity index (χ3n) is 3.19. The van der Waals surface area contributed by atoms with Crippen molar-refractivity contribution in [2.75, 3.05) is 32.5 Å². The summed E-state index contributed by atoms with van der Waals surface area (Å²) >= 11 is 0.984. The predicted octanol–water partition coefficient (Wildman–Crippen LogP) is 2.99. The fraction of sp³-hybridized carbons (Fsp3) is 0.357. The van der Waals surface area contributed by atoms with Gasteiger partial charge in [-0.1, -0.05) is 6.07 Å². The van der Waals surface area contributed by atoms with Crippen LogP contribution < -0.4 is 5.32 Å². The molecule has 0 spiro atoms. The van der Waals surface area contributed by atoms with Crippen LogP contribution in [0.1, 0.15) is 6.42 Å². The molecule has 0 atom stereocenters. The lowest BCUT2D eigenvalue weighted by atomic mass is 10.2. The topological polar surface area (TPSA) is 114 Å². The van der Waals surface area contributed by atoms with Crippen LogP contribution in [0.15, 0.2) is 24.4 Å². The number of pyridine rings is 1. The van der Waals surface area contributed by atoms with Crippen molar-refractivity contribution < 1.29 is 9.85 Å². The molecule has 0 unspecified atom stereocenters. The second-order valence-electron chi connectivity index (χ2n) is 5.27. The minimum absolute atomic E-state index is 0.183. The van der Waals surface area contributed by atoms with Gasteiger partial charge >= 0.3 is 11.4 Å². The summed E-state index contributed by atoms with van der Waals surface area (Å²) in [5.74, 6) is 0. The number of hydrogen-bond acceptors (Lipinski definition) is 8. The number of aromatic nitrogens is 1. The van der Waals surface area contributed by atoms with Gasteiger partial charge in [0.15, 0.2) is 5.00 Å². The molecular weight excluding hydrogens is 334 g/mol. The van der Waals surface area contributed by atoms with Crippen molar-refractivity contribution in [3.8, 4) is 10.6 Å². The molecule has 10 heteroatoms. The monoisotopic (exact) mass is 351 g/mol. The van der Waals surface area contributed by atoms with E-state index in [1.165, 1.54) is 6.20 Å². The zero-order chi connectivity index (χ0) is 17.7. The maximum Gasteiger partial charge on any atom is 0.380 e. The molecule has 0 fully saturated rings. The Hall–Kier alpha value is -2.59. The Morgan fingerprint density at radius 3 is 2.46 bits per heavy atom. The SMILES string of the molecule is CN(C)CCCNc1sc(-c2ccccn2)c([N+](=O)[O-])c1[N+](=O)[O-]. The van der Waals surface area contributed by atoms with Gasteiger partial charge in [-0.05, 0) is 39.2 Å². The molecule has 9 nitrogen and oxygen atoms in total. The molecule has 0 aliphatic rings. The van der Waals surface area contributed by atoms with E-state index in [2.05, 4.69) is 10.3 Å². The summed E-state index contributed by atoms with van der Waals surface area (Å²) < 4.78 is 0. The second kappa shape index (κ2) is 7.79. The second-order valence-corrected chi connectivity index (χ2v) is 6.29. The number of rotatable bonds is 8. The molecule has 0 amide bonds.